The number of nitrogens with one attached hydrogen (secondary N) is 2. The average molecular weight is 423 g/mol. The van der Waals surface area contributed by atoms with Crippen LogP contribution in [0.2, 0.25) is 0 Å². The number of anilines is 1. The second-order valence-electron chi connectivity index (χ2n) is 7.61. The standard InChI is InChI=1S/C23H25N3O5/c1-30-19-7-4-15(12-20(19)31-2)22(28)18-13-26(10-9-24-18)23(29)16-3-6-17-14(11-16)5-8-21(27)25-17/h3-4,6-7,11-12,18,24H,5,8-10,13H2,1-2H3,(H,25,27). The molecule has 8 heteroatoms. The van der Waals surface area contributed by atoms with E-state index >= 15 is 0 Å². The molecule has 1 saturated heterocycles. The van der Waals surface area contributed by atoms with Gasteiger partial charge in [-0.3, -0.25) is 14.4 Å². The fraction of sp³-hybridized carbons (Fsp3) is 0.348. The molecule has 8 nitrogen and oxygen atoms in total. The van der Waals surface area contributed by atoms with Gasteiger partial charge in [-0.05, 0) is 48.4 Å². The molecule has 0 aromatic heterocycles. The van der Waals surface area contributed by atoms with Crippen LogP contribution in [0.5, 0.6) is 11.5 Å². The summed E-state index contributed by atoms with van der Waals surface area (Å²) in [7, 11) is 3.07. The van der Waals surface area contributed by atoms with E-state index in [0.29, 0.717) is 48.6 Å². The van der Waals surface area contributed by atoms with Crippen LogP contribution in [-0.4, -0.2) is 62.4 Å². The van der Waals surface area contributed by atoms with E-state index in [2.05, 4.69) is 10.6 Å². The number of ketones is 1. The van der Waals surface area contributed by atoms with Gasteiger partial charge in [-0.15, -0.1) is 0 Å². The number of amides is 2. The number of aryl methyl sites for hydroxylation is 1. The summed E-state index contributed by atoms with van der Waals surface area (Å²) in [4.78, 5) is 39.4. The fourth-order valence-electron chi connectivity index (χ4n) is 4.00. The Labute approximate surface area is 180 Å². The summed E-state index contributed by atoms with van der Waals surface area (Å²) in [5.74, 6) is 0.803. The summed E-state index contributed by atoms with van der Waals surface area (Å²) >= 11 is 0. The average Bonchev–Trinajstić information content (AvgIpc) is 2.82. The van der Waals surface area contributed by atoms with Crippen LogP contribution in [0.25, 0.3) is 0 Å². The van der Waals surface area contributed by atoms with E-state index in [9.17, 15) is 14.4 Å². The van der Waals surface area contributed by atoms with Crippen molar-refractivity contribution in [2.45, 2.75) is 18.9 Å². The normalized spacial score (nSPS) is 18.1. The summed E-state index contributed by atoms with van der Waals surface area (Å²) in [6.45, 7) is 1.32. The Balaban J connectivity index is 1.49. The number of hydrogen-bond acceptors (Lipinski definition) is 6. The Bertz CT molecular complexity index is 1040. The molecule has 1 atom stereocenters. The topological polar surface area (TPSA) is 97.0 Å². The lowest BCUT2D eigenvalue weighted by molar-refractivity contribution is -0.116. The Morgan fingerprint density at radius 1 is 1.00 bits per heavy atom. The molecule has 2 aromatic rings. The molecule has 31 heavy (non-hydrogen) atoms. The Hall–Kier alpha value is -3.39. The van der Waals surface area contributed by atoms with E-state index in [1.165, 1.54) is 7.11 Å². The number of ether oxygens (including phenoxy) is 2. The minimum atomic E-state index is -0.507. The first-order valence-electron chi connectivity index (χ1n) is 10.2. The van der Waals surface area contributed by atoms with Crippen molar-refractivity contribution < 1.29 is 23.9 Å². The van der Waals surface area contributed by atoms with Gasteiger partial charge >= 0.3 is 0 Å². The second kappa shape index (κ2) is 8.77. The van der Waals surface area contributed by atoms with Crippen LogP contribution in [0.15, 0.2) is 36.4 Å². The number of nitrogens with zero attached hydrogens (tertiary/aromatic N) is 1. The number of carbonyl (C=O) groups excluding carboxylic acids is 3. The number of piperazine rings is 1. The number of methoxy groups -OCH3 is 2. The number of rotatable bonds is 5. The van der Waals surface area contributed by atoms with E-state index in [1.54, 1.807) is 42.3 Å². The maximum atomic E-state index is 13.1. The highest BCUT2D eigenvalue weighted by atomic mass is 16.5. The first-order valence-corrected chi connectivity index (χ1v) is 10.2. The van der Waals surface area contributed by atoms with Crippen LogP contribution in [0.3, 0.4) is 0 Å². The van der Waals surface area contributed by atoms with Crippen molar-refractivity contribution in [3.63, 3.8) is 0 Å². The summed E-state index contributed by atoms with van der Waals surface area (Å²) in [5, 5.41) is 6.04. The first kappa shape index (κ1) is 20.9. The second-order valence-corrected chi connectivity index (χ2v) is 7.61. The van der Waals surface area contributed by atoms with Gasteiger partial charge < -0.3 is 25.0 Å². The molecule has 2 heterocycles. The molecule has 2 aliphatic heterocycles. The minimum absolute atomic E-state index is 0.00908. The van der Waals surface area contributed by atoms with E-state index in [0.717, 1.165) is 11.3 Å². The molecular weight excluding hydrogens is 398 g/mol. The summed E-state index contributed by atoms with van der Waals surface area (Å²) < 4.78 is 10.5. The SMILES string of the molecule is COc1ccc(C(=O)C2CN(C(=O)c3ccc4c(c3)CCC(=O)N4)CCN2)cc1OC. The number of carbonyl (C=O) groups is 3. The molecule has 2 N–H and O–H groups in total. The maximum absolute atomic E-state index is 13.1. The molecule has 0 saturated carbocycles. The quantitative estimate of drug-likeness (QED) is 0.713. The number of benzene rings is 2. The largest absolute Gasteiger partial charge is 0.493 e. The van der Waals surface area contributed by atoms with Crippen molar-refractivity contribution in [1.82, 2.24) is 10.2 Å². The first-order chi connectivity index (χ1) is 15.0. The highest BCUT2D eigenvalue weighted by Crippen LogP contribution is 2.28. The Morgan fingerprint density at radius 3 is 2.55 bits per heavy atom. The van der Waals surface area contributed by atoms with Gasteiger partial charge in [0.25, 0.3) is 5.91 Å². The van der Waals surface area contributed by atoms with E-state index < -0.39 is 6.04 Å². The predicted octanol–water partition coefficient (Wildman–Crippen LogP) is 1.89. The van der Waals surface area contributed by atoms with Gasteiger partial charge in [0.1, 0.15) is 0 Å². The summed E-state index contributed by atoms with van der Waals surface area (Å²) in [6.07, 6.45) is 1.03. The van der Waals surface area contributed by atoms with E-state index in [-0.39, 0.29) is 24.1 Å². The van der Waals surface area contributed by atoms with Gasteiger partial charge in [0.2, 0.25) is 5.91 Å². The van der Waals surface area contributed by atoms with Gasteiger partial charge in [0.05, 0.1) is 20.3 Å². The van der Waals surface area contributed by atoms with Crippen molar-refractivity contribution in [2.24, 2.45) is 0 Å². The van der Waals surface area contributed by atoms with Crippen LogP contribution in [-0.2, 0) is 11.2 Å². The molecule has 2 aliphatic rings. The lowest BCUT2D eigenvalue weighted by Gasteiger charge is -2.33. The molecule has 2 amide bonds. The zero-order chi connectivity index (χ0) is 22.0. The van der Waals surface area contributed by atoms with Crippen LogP contribution >= 0.6 is 0 Å². The summed E-state index contributed by atoms with van der Waals surface area (Å²) in [5.41, 5.74) is 2.77. The predicted molar refractivity (Wildman–Crippen MR) is 115 cm³/mol. The van der Waals surface area contributed by atoms with Crippen LogP contribution in [0, 0.1) is 0 Å². The van der Waals surface area contributed by atoms with Crippen molar-refractivity contribution in [1.29, 1.82) is 0 Å². The Morgan fingerprint density at radius 2 is 1.77 bits per heavy atom. The maximum Gasteiger partial charge on any atom is 0.253 e. The van der Waals surface area contributed by atoms with Crippen LogP contribution in [0.4, 0.5) is 5.69 Å². The third-order valence-corrected chi connectivity index (χ3v) is 5.69. The highest BCUT2D eigenvalue weighted by Gasteiger charge is 2.30. The Kier molecular flexibility index (Phi) is 5.90. The zero-order valence-corrected chi connectivity index (χ0v) is 17.6. The third-order valence-electron chi connectivity index (χ3n) is 5.69. The molecule has 2 aromatic carbocycles. The van der Waals surface area contributed by atoms with Gasteiger partial charge in [0.15, 0.2) is 17.3 Å². The van der Waals surface area contributed by atoms with Gasteiger partial charge in [0, 0.05) is 42.9 Å². The van der Waals surface area contributed by atoms with Crippen molar-refractivity contribution in [3.8, 4) is 11.5 Å². The molecule has 1 fully saturated rings. The summed E-state index contributed by atoms with van der Waals surface area (Å²) in [6, 6.07) is 9.88. The number of fused-ring (bicyclic) bond motifs is 1. The number of hydrogen-bond donors (Lipinski definition) is 2. The smallest absolute Gasteiger partial charge is 0.253 e. The number of Topliss-reactive ketones (excluding diaryl/α,β-unsaturated/α-hetero) is 1. The van der Waals surface area contributed by atoms with Crippen molar-refractivity contribution in [2.75, 3.05) is 39.2 Å². The molecule has 0 spiro atoms. The molecule has 162 valence electrons. The van der Waals surface area contributed by atoms with Gasteiger partial charge in [-0.1, -0.05) is 0 Å². The fourth-order valence-corrected chi connectivity index (χ4v) is 4.00. The lowest BCUT2D eigenvalue weighted by atomic mass is 9.98. The molecular formula is C23H25N3O5. The lowest BCUT2D eigenvalue weighted by Crippen LogP contribution is -2.55. The minimum Gasteiger partial charge on any atom is -0.493 e. The van der Waals surface area contributed by atoms with E-state index in [1.807, 2.05) is 6.07 Å². The third kappa shape index (κ3) is 4.25. The van der Waals surface area contributed by atoms with Crippen molar-refractivity contribution in [3.05, 3.63) is 53.1 Å². The van der Waals surface area contributed by atoms with Crippen molar-refractivity contribution >= 4 is 23.3 Å². The van der Waals surface area contributed by atoms with Gasteiger partial charge in [-0.2, -0.15) is 0 Å². The molecule has 0 bridgehead atoms. The van der Waals surface area contributed by atoms with E-state index in [4.69, 9.17) is 9.47 Å². The van der Waals surface area contributed by atoms with Crippen LogP contribution in [0.1, 0.15) is 32.7 Å². The highest BCUT2D eigenvalue weighted by molar-refractivity contribution is 6.02. The zero-order valence-electron chi connectivity index (χ0n) is 17.6. The van der Waals surface area contributed by atoms with Crippen LogP contribution < -0.4 is 20.1 Å². The molecule has 1 unspecified atom stereocenters. The molecule has 4 rings (SSSR count). The monoisotopic (exact) mass is 423 g/mol. The van der Waals surface area contributed by atoms with Gasteiger partial charge in [-0.25, -0.2) is 0 Å². The molecule has 0 aliphatic carbocycles. The molecule has 0 radical (unpaired) electrons.